The van der Waals surface area contributed by atoms with E-state index in [2.05, 4.69) is 5.10 Å². The number of rotatable bonds is 4. The molecule has 0 spiro atoms. The Hall–Kier alpha value is -2.17. The highest BCUT2D eigenvalue weighted by atomic mass is 16.5. The van der Waals surface area contributed by atoms with Crippen molar-refractivity contribution in [3.8, 4) is 11.5 Å². The summed E-state index contributed by atoms with van der Waals surface area (Å²) >= 11 is 0. The number of nitrogens with zero attached hydrogens (tertiary/aromatic N) is 2. The van der Waals surface area contributed by atoms with Crippen LogP contribution in [0.25, 0.3) is 0 Å². The normalized spacial score (nSPS) is 12.2. The molecule has 0 fully saturated rings. The second-order valence-electron chi connectivity index (χ2n) is 3.99. The summed E-state index contributed by atoms with van der Waals surface area (Å²) in [6, 6.07) is 7.61. The minimum atomic E-state index is 0.0415. The fourth-order valence-electron chi connectivity index (χ4n) is 1.90. The Morgan fingerprint density at radius 1 is 1.17 bits per heavy atom. The van der Waals surface area contributed by atoms with E-state index in [1.165, 1.54) is 0 Å². The number of ether oxygens (including phenoxy) is 2. The predicted octanol–water partition coefficient (Wildman–Crippen LogP) is 2.09. The van der Waals surface area contributed by atoms with E-state index in [0.717, 1.165) is 5.56 Å². The molecular formula is C13H17N3O2. The first-order valence-corrected chi connectivity index (χ1v) is 5.68. The van der Waals surface area contributed by atoms with Crippen LogP contribution in [0.1, 0.15) is 18.5 Å². The molecule has 0 saturated heterocycles. The molecule has 0 amide bonds. The Bertz CT molecular complexity index is 537. The summed E-state index contributed by atoms with van der Waals surface area (Å²) in [4.78, 5) is 0. The molecule has 2 N–H and O–H groups in total. The number of benzene rings is 1. The van der Waals surface area contributed by atoms with Gasteiger partial charge in [0, 0.05) is 0 Å². The molecule has 96 valence electrons. The van der Waals surface area contributed by atoms with Crippen molar-refractivity contribution in [2.75, 3.05) is 20.0 Å². The first kappa shape index (κ1) is 12.3. The average Bonchev–Trinajstić information content (AvgIpc) is 2.83. The maximum absolute atomic E-state index is 5.85. The van der Waals surface area contributed by atoms with Crippen molar-refractivity contribution in [1.29, 1.82) is 0 Å². The van der Waals surface area contributed by atoms with Crippen LogP contribution in [0.4, 0.5) is 5.82 Å². The van der Waals surface area contributed by atoms with Crippen molar-refractivity contribution in [2.45, 2.75) is 13.0 Å². The summed E-state index contributed by atoms with van der Waals surface area (Å²) in [7, 11) is 3.24. The first-order valence-electron chi connectivity index (χ1n) is 5.68. The quantitative estimate of drug-likeness (QED) is 0.898. The average molecular weight is 247 g/mol. The van der Waals surface area contributed by atoms with Crippen LogP contribution >= 0.6 is 0 Å². The van der Waals surface area contributed by atoms with Gasteiger partial charge in [-0.15, -0.1) is 0 Å². The molecule has 1 aromatic carbocycles. The predicted molar refractivity (Wildman–Crippen MR) is 70.0 cm³/mol. The van der Waals surface area contributed by atoms with E-state index >= 15 is 0 Å². The topological polar surface area (TPSA) is 62.3 Å². The molecule has 1 aromatic heterocycles. The van der Waals surface area contributed by atoms with Crippen molar-refractivity contribution >= 4 is 5.82 Å². The fraction of sp³-hybridized carbons (Fsp3) is 0.308. The van der Waals surface area contributed by atoms with Crippen LogP contribution in [0.5, 0.6) is 11.5 Å². The Labute approximate surface area is 106 Å². The van der Waals surface area contributed by atoms with Crippen molar-refractivity contribution < 1.29 is 9.47 Å². The van der Waals surface area contributed by atoms with E-state index in [4.69, 9.17) is 15.2 Å². The van der Waals surface area contributed by atoms with Gasteiger partial charge in [-0.3, -0.25) is 0 Å². The van der Waals surface area contributed by atoms with E-state index in [0.29, 0.717) is 17.3 Å². The molecule has 2 aromatic rings. The number of hydrogen-bond donors (Lipinski definition) is 1. The van der Waals surface area contributed by atoms with Gasteiger partial charge in [-0.2, -0.15) is 5.10 Å². The van der Waals surface area contributed by atoms with E-state index < -0.39 is 0 Å². The van der Waals surface area contributed by atoms with Gasteiger partial charge in [0.15, 0.2) is 11.5 Å². The molecule has 1 atom stereocenters. The molecular weight excluding hydrogens is 230 g/mol. The smallest absolute Gasteiger partial charge is 0.161 e. The van der Waals surface area contributed by atoms with Crippen LogP contribution in [0.3, 0.4) is 0 Å². The number of nitrogens with two attached hydrogens (primary N) is 1. The molecule has 18 heavy (non-hydrogen) atoms. The molecule has 0 aliphatic rings. The zero-order valence-electron chi connectivity index (χ0n) is 10.8. The van der Waals surface area contributed by atoms with Crippen LogP contribution in [-0.4, -0.2) is 24.0 Å². The highest BCUT2D eigenvalue weighted by molar-refractivity contribution is 5.44. The largest absolute Gasteiger partial charge is 0.493 e. The van der Waals surface area contributed by atoms with Crippen LogP contribution in [-0.2, 0) is 0 Å². The van der Waals surface area contributed by atoms with Gasteiger partial charge in [0.1, 0.15) is 5.82 Å². The molecule has 1 unspecified atom stereocenters. The monoisotopic (exact) mass is 247 g/mol. The second kappa shape index (κ2) is 5.00. The van der Waals surface area contributed by atoms with Crippen molar-refractivity contribution in [1.82, 2.24) is 9.78 Å². The highest BCUT2D eigenvalue weighted by Crippen LogP contribution is 2.31. The molecule has 5 heteroatoms. The SMILES string of the molecule is COc1ccc(C(C)n2nccc2N)cc1OC. The molecule has 0 radical (unpaired) electrons. The summed E-state index contributed by atoms with van der Waals surface area (Å²) in [5, 5.41) is 4.21. The minimum Gasteiger partial charge on any atom is -0.493 e. The molecule has 0 bridgehead atoms. The van der Waals surface area contributed by atoms with Crippen molar-refractivity contribution in [3.05, 3.63) is 36.0 Å². The standard InChI is InChI=1S/C13H17N3O2/c1-9(16-13(14)6-7-15-16)10-4-5-11(17-2)12(8-10)18-3/h4-9H,14H2,1-3H3. The molecule has 2 rings (SSSR count). The van der Waals surface area contributed by atoms with Crippen LogP contribution in [0.2, 0.25) is 0 Å². The zero-order chi connectivity index (χ0) is 13.1. The third kappa shape index (κ3) is 2.11. The van der Waals surface area contributed by atoms with Gasteiger partial charge in [0.25, 0.3) is 0 Å². The van der Waals surface area contributed by atoms with Gasteiger partial charge in [-0.05, 0) is 30.7 Å². The Balaban J connectivity index is 2.37. The van der Waals surface area contributed by atoms with Gasteiger partial charge in [-0.25, -0.2) is 4.68 Å². The van der Waals surface area contributed by atoms with E-state index in [-0.39, 0.29) is 6.04 Å². The van der Waals surface area contributed by atoms with Gasteiger partial charge < -0.3 is 15.2 Å². The van der Waals surface area contributed by atoms with E-state index in [9.17, 15) is 0 Å². The summed E-state index contributed by atoms with van der Waals surface area (Å²) in [5.74, 6) is 2.05. The highest BCUT2D eigenvalue weighted by Gasteiger charge is 2.13. The van der Waals surface area contributed by atoms with Gasteiger partial charge in [-0.1, -0.05) is 6.07 Å². The van der Waals surface area contributed by atoms with Gasteiger partial charge in [0.05, 0.1) is 26.5 Å². The number of aromatic nitrogens is 2. The third-order valence-electron chi connectivity index (χ3n) is 2.96. The first-order chi connectivity index (χ1) is 8.67. The maximum Gasteiger partial charge on any atom is 0.161 e. The van der Waals surface area contributed by atoms with E-state index in [1.54, 1.807) is 31.2 Å². The third-order valence-corrected chi connectivity index (χ3v) is 2.96. The Morgan fingerprint density at radius 3 is 2.44 bits per heavy atom. The van der Waals surface area contributed by atoms with Crippen molar-refractivity contribution in [3.63, 3.8) is 0 Å². The van der Waals surface area contributed by atoms with Crippen LogP contribution in [0.15, 0.2) is 30.5 Å². The minimum absolute atomic E-state index is 0.0415. The summed E-state index contributed by atoms with van der Waals surface area (Å²) in [5.41, 5.74) is 6.91. The number of hydrogen-bond acceptors (Lipinski definition) is 4. The maximum atomic E-state index is 5.85. The molecule has 1 heterocycles. The lowest BCUT2D eigenvalue weighted by Crippen LogP contribution is -2.11. The van der Waals surface area contributed by atoms with Gasteiger partial charge >= 0.3 is 0 Å². The molecule has 0 saturated carbocycles. The zero-order valence-corrected chi connectivity index (χ0v) is 10.8. The van der Waals surface area contributed by atoms with Crippen molar-refractivity contribution in [2.24, 2.45) is 0 Å². The van der Waals surface area contributed by atoms with Crippen LogP contribution < -0.4 is 15.2 Å². The molecule has 0 aliphatic carbocycles. The van der Waals surface area contributed by atoms with Gasteiger partial charge in [0.2, 0.25) is 0 Å². The summed E-state index contributed by atoms with van der Waals surface area (Å²) < 4.78 is 12.3. The lowest BCUT2D eigenvalue weighted by Gasteiger charge is -2.16. The van der Waals surface area contributed by atoms with E-state index in [1.807, 2.05) is 25.1 Å². The molecule has 5 nitrogen and oxygen atoms in total. The fourth-order valence-corrected chi connectivity index (χ4v) is 1.90. The van der Waals surface area contributed by atoms with Crippen LogP contribution in [0, 0.1) is 0 Å². The lowest BCUT2D eigenvalue weighted by molar-refractivity contribution is 0.354. The number of nitrogen functional groups attached to an aromatic ring is 1. The lowest BCUT2D eigenvalue weighted by atomic mass is 10.1. The second-order valence-corrected chi connectivity index (χ2v) is 3.99. The summed E-state index contributed by atoms with van der Waals surface area (Å²) in [6.45, 7) is 2.03. The number of anilines is 1. The molecule has 0 aliphatic heterocycles. The Kier molecular flexibility index (Phi) is 3.41. The number of methoxy groups -OCH3 is 2. The Morgan fingerprint density at radius 2 is 1.89 bits per heavy atom. The summed E-state index contributed by atoms with van der Waals surface area (Å²) in [6.07, 6.45) is 1.69.